The molecule has 0 aromatic heterocycles. The van der Waals surface area contributed by atoms with Crippen LogP contribution in [0.1, 0.15) is 48.8 Å². The Labute approximate surface area is 284 Å². The summed E-state index contributed by atoms with van der Waals surface area (Å²) in [4.78, 5) is 51.8. The number of aryl methyl sites for hydroxylation is 1. The van der Waals surface area contributed by atoms with Crippen molar-refractivity contribution in [2.75, 3.05) is 77.0 Å². The van der Waals surface area contributed by atoms with Crippen molar-refractivity contribution in [1.29, 1.82) is 0 Å². The Morgan fingerprint density at radius 3 is 2.30 bits per heavy atom. The predicted octanol–water partition coefficient (Wildman–Crippen LogP) is 4.10. The summed E-state index contributed by atoms with van der Waals surface area (Å²) in [6.45, 7) is 9.08. The number of nitrogen functional groups attached to an aromatic ring is 1. The van der Waals surface area contributed by atoms with Gasteiger partial charge >= 0.3 is 6.03 Å². The second-order valence-electron chi connectivity index (χ2n) is 14.0. The van der Waals surface area contributed by atoms with E-state index < -0.39 is 5.92 Å². The van der Waals surface area contributed by atoms with Crippen molar-refractivity contribution >= 4 is 40.8 Å². The summed E-state index contributed by atoms with van der Waals surface area (Å²) >= 11 is 6.45. The van der Waals surface area contributed by atoms with Gasteiger partial charge in [-0.1, -0.05) is 35.9 Å². The number of para-hydroxylation sites is 1. The molecule has 3 saturated heterocycles. The first-order chi connectivity index (χ1) is 22.7. The number of urea groups is 1. The first kappa shape index (κ1) is 33.6. The Bertz CT molecular complexity index is 1420. The molecular weight excluding hydrogens is 614 g/mol. The molecule has 0 radical (unpaired) electrons. The minimum absolute atomic E-state index is 0.00208. The van der Waals surface area contributed by atoms with Crippen LogP contribution in [0.15, 0.2) is 36.4 Å². The lowest BCUT2D eigenvalue weighted by Gasteiger charge is -2.43. The molecule has 2 aromatic rings. The Morgan fingerprint density at radius 1 is 0.915 bits per heavy atom. The molecule has 10 nitrogen and oxygen atoms in total. The maximum absolute atomic E-state index is 14.1. The van der Waals surface area contributed by atoms with E-state index in [1.54, 1.807) is 0 Å². The van der Waals surface area contributed by atoms with Gasteiger partial charge in [-0.05, 0) is 94.4 Å². The zero-order valence-corrected chi connectivity index (χ0v) is 28.7. The van der Waals surface area contributed by atoms with Crippen LogP contribution in [0.4, 0.5) is 16.2 Å². The summed E-state index contributed by atoms with van der Waals surface area (Å²) in [6, 6.07) is 12.4. The van der Waals surface area contributed by atoms with Gasteiger partial charge in [0.15, 0.2) is 0 Å². The second kappa shape index (κ2) is 14.8. The molecule has 0 unspecified atom stereocenters. The van der Waals surface area contributed by atoms with Crippen LogP contribution in [0.3, 0.4) is 0 Å². The number of nitrogens with one attached hydrogen (secondary N) is 1. The van der Waals surface area contributed by atoms with E-state index in [0.29, 0.717) is 55.9 Å². The lowest BCUT2D eigenvalue weighted by Crippen LogP contribution is -2.55. The molecule has 4 aliphatic rings. The van der Waals surface area contributed by atoms with E-state index in [4.69, 9.17) is 17.3 Å². The van der Waals surface area contributed by atoms with Gasteiger partial charge in [-0.3, -0.25) is 14.5 Å². The molecule has 2 aromatic carbocycles. The van der Waals surface area contributed by atoms with E-state index in [0.717, 1.165) is 67.8 Å². The molecule has 3 N–H and O–H groups in total. The summed E-state index contributed by atoms with van der Waals surface area (Å²) in [6.07, 6.45) is 5.18. The fraction of sp³-hybridized carbons (Fsp3) is 0.583. The van der Waals surface area contributed by atoms with E-state index in [1.165, 1.54) is 12.8 Å². The van der Waals surface area contributed by atoms with Crippen molar-refractivity contribution in [2.24, 2.45) is 5.92 Å². The molecule has 0 saturated carbocycles. The molecule has 1 atom stereocenters. The molecule has 0 bridgehead atoms. The number of amides is 4. The maximum atomic E-state index is 14.1. The Balaban J connectivity index is 1.08. The number of piperazine rings is 1. The van der Waals surface area contributed by atoms with Crippen LogP contribution in [-0.2, 0) is 22.4 Å². The van der Waals surface area contributed by atoms with Gasteiger partial charge in [0.2, 0.25) is 11.8 Å². The summed E-state index contributed by atoms with van der Waals surface area (Å²) in [5.74, 6) is -0.440. The third-order valence-electron chi connectivity index (χ3n) is 10.9. The van der Waals surface area contributed by atoms with E-state index in [-0.39, 0.29) is 30.3 Å². The Hall–Kier alpha value is -3.34. The molecular formula is C36H50ClN7O3. The highest BCUT2D eigenvalue weighted by molar-refractivity contribution is 6.33. The Morgan fingerprint density at radius 2 is 1.60 bits per heavy atom. The number of benzene rings is 2. The number of anilines is 2. The smallest absolute Gasteiger partial charge is 0.322 e. The van der Waals surface area contributed by atoms with E-state index >= 15 is 0 Å². The highest BCUT2D eigenvalue weighted by Gasteiger charge is 2.35. The summed E-state index contributed by atoms with van der Waals surface area (Å²) in [5.41, 5.74) is 10.5. The number of halogens is 1. The zero-order valence-electron chi connectivity index (χ0n) is 27.9. The predicted molar refractivity (Wildman–Crippen MR) is 187 cm³/mol. The van der Waals surface area contributed by atoms with Crippen molar-refractivity contribution in [3.05, 3.63) is 58.1 Å². The average molecular weight is 664 g/mol. The number of hydrogen-bond acceptors (Lipinski definition) is 6. The number of hydrogen-bond donors (Lipinski definition) is 2. The average Bonchev–Trinajstić information content (AvgIpc) is 3.25. The first-order valence-electron chi connectivity index (χ1n) is 17.4. The number of nitrogens with zero attached hydrogens (tertiary/aromatic N) is 5. The van der Waals surface area contributed by atoms with Crippen LogP contribution in [0.5, 0.6) is 0 Å². The lowest BCUT2D eigenvalue weighted by molar-refractivity contribution is -0.143. The standard InChI is InChI=1S/C36H50ClN7O3/c1-25-21-26(23-31(37)34(25)38)22-28(35(46)43-19-17-41(18-20-43)29-8-12-40(2)13-9-29)24-33(45)42-14-10-30(11-15-42)44-16-7-27-5-3-4-6-32(27)39-36(44)47/h3-6,21,23,28-30H,7-20,22,24,38H2,1-2H3,(H,39,47)/t28-/m0/s1. The van der Waals surface area contributed by atoms with Gasteiger partial charge in [0.1, 0.15) is 0 Å². The SMILES string of the molecule is Cc1cc(C[C@@H](CC(=O)N2CCC(N3CCc4ccccc4NC3=O)CC2)C(=O)N2CCN(C3CCN(C)CC3)CC2)cc(Cl)c1N. The van der Waals surface area contributed by atoms with Gasteiger partial charge in [0.25, 0.3) is 0 Å². The van der Waals surface area contributed by atoms with Crippen molar-refractivity contribution < 1.29 is 14.4 Å². The summed E-state index contributed by atoms with van der Waals surface area (Å²) in [5, 5.41) is 3.55. The number of carbonyl (C=O) groups is 3. The summed E-state index contributed by atoms with van der Waals surface area (Å²) < 4.78 is 0. The van der Waals surface area contributed by atoms with Gasteiger partial charge in [0, 0.05) is 70.0 Å². The zero-order chi connectivity index (χ0) is 33.1. The largest absolute Gasteiger partial charge is 0.397 e. The molecule has 0 aliphatic carbocycles. The van der Waals surface area contributed by atoms with Crippen molar-refractivity contribution in [1.82, 2.24) is 24.5 Å². The molecule has 11 heteroatoms. The molecule has 6 rings (SSSR count). The number of carbonyl (C=O) groups excluding carboxylic acids is 3. The highest BCUT2D eigenvalue weighted by atomic mass is 35.5. The van der Waals surface area contributed by atoms with Gasteiger partial charge in [-0.25, -0.2) is 4.79 Å². The fourth-order valence-electron chi connectivity index (χ4n) is 7.91. The van der Waals surface area contributed by atoms with Crippen LogP contribution in [0.25, 0.3) is 0 Å². The number of piperidine rings is 2. The van der Waals surface area contributed by atoms with Crippen LogP contribution < -0.4 is 11.1 Å². The normalized spacial score (nSPS) is 21.3. The van der Waals surface area contributed by atoms with E-state index in [9.17, 15) is 14.4 Å². The quantitative estimate of drug-likeness (QED) is 0.433. The van der Waals surface area contributed by atoms with E-state index in [2.05, 4.69) is 28.2 Å². The fourth-order valence-corrected chi connectivity index (χ4v) is 8.20. The molecule has 4 amide bonds. The van der Waals surface area contributed by atoms with Crippen LogP contribution in [0, 0.1) is 12.8 Å². The monoisotopic (exact) mass is 663 g/mol. The number of likely N-dealkylation sites (tertiary alicyclic amines) is 2. The molecule has 254 valence electrons. The lowest BCUT2D eigenvalue weighted by atomic mass is 9.92. The van der Waals surface area contributed by atoms with Crippen LogP contribution in [-0.4, -0.2) is 120 Å². The molecule has 47 heavy (non-hydrogen) atoms. The Kier molecular flexibility index (Phi) is 10.6. The first-order valence-corrected chi connectivity index (χ1v) is 17.7. The van der Waals surface area contributed by atoms with Gasteiger partial charge in [-0.15, -0.1) is 0 Å². The van der Waals surface area contributed by atoms with Crippen molar-refractivity contribution in [3.63, 3.8) is 0 Å². The second-order valence-corrected chi connectivity index (χ2v) is 14.4. The third kappa shape index (κ3) is 7.87. The molecule has 0 spiro atoms. The minimum Gasteiger partial charge on any atom is -0.397 e. The van der Waals surface area contributed by atoms with Crippen LogP contribution in [0.2, 0.25) is 5.02 Å². The van der Waals surface area contributed by atoms with Crippen LogP contribution >= 0.6 is 11.6 Å². The van der Waals surface area contributed by atoms with Gasteiger partial charge in [0.05, 0.1) is 16.6 Å². The number of rotatable bonds is 7. The maximum Gasteiger partial charge on any atom is 0.322 e. The molecule has 4 heterocycles. The highest BCUT2D eigenvalue weighted by Crippen LogP contribution is 2.29. The summed E-state index contributed by atoms with van der Waals surface area (Å²) in [7, 11) is 2.18. The topological polar surface area (TPSA) is 105 Å². The number of nitrogens with two attached hydrogens (primary N) is 1. The van der Waals surface area contributed by atoms with E-state index in [1.807, 2.05) is 52.0 Å². The van der Waals surface area contributed by atoms with Gasteiger partial charge < -0.3 is 30.7 Å². The molecule has 3 fully saturated rings. The van der Waals surface area contributed by atoms with Crippen molar-refractivity contribution in [2.45, 2.75) is 64.0 Å². The third-order valence-corrected chi connectivity index (χ3v) is 11.2. The molecule has 4 aliphatic heterocycles. The minimum atomic E-state index is -0.482. The van der Waals surface area contributed by atoms with Gasteiger partial charge in [-0.2, -0.15) is 0 Å². The number of fused-ring (bicyclic) bond motifs is 1. The van der Waals surface area contributed by atoms with Crippen molar-refractivity contribution in [3.8, 4) is 0 Å².